The maximum Gasteiger partial charge on any atom is 0.107 e. The summed E-state index contributed by atoms with van der Waals surface area (Å²) >= 11 is 0. The molecule has 0 fully saturated rings. The molecule has 0 saturated carbocycles. The Balaban J connectivity index is 2.11. The molecule has 3 N–H and O–H groups in total. The third-order valence-electron chi connectivity index (χ3n) is 2.44. The van der Waals surface area contributed by atoms with E-state index in [0.717, 1.165) is 17.8 Å². The van der Waals surface area contributed by atoms with Crippen LogP contribution in [0.5, 0.6) is 0 Å². The molecule has 2 rings (SSSR count). The maximum atomic E-state index is 6.10. The summed E-state index contributed by atoms with van der Waals surface area (Å²) in [5.41, 5.74) is 8.49. The molecular weight excluding hydrogens is 186 g/mol. The van der Waals surface area contributed by atoms with Gasteiger partial charge < -0.3 is 10.7 Å². The van der Waals surface area contributed by atoms with Crippen molar-refractivity contribution in [1.29, 1.82) is 0 Å². The van der Waals surface area contributed by atoms with Crippen molar-refractivity contribution in [3.05, 3.63) is 53.6 Å². The average Bonchev–Trinajstić information content (AvgIpc) is 2.70. The van der Waals surface area contributed by atoms with Crippen LogP contribution in [0.2, 0.25) is 0 Å². The molecule has 0 amide bonds. The third-order valence-corrected chi connectivity index (χ3v) is 2.44. The van der Waals surface area contributed by atoms with Crippen LogP contribution in [0.15, 0.2) is 36.7 Å². The summed E-state index contributed by atoms with van der Waals surface area (Å²) in [5, 5.41) is 0. The molecule has 1 heterocycles. The van der Waals surface area contributed by atoms with Gasteiger partial charge in [0.1, 0.15) is 5.82 Å². The van der Waals surface area contributed by atoms with Crippen molar-refractivity contribution in [2.24, 2.45) is 5.73 Å². The van der Waals surface area contributed by atoms with Gasteiger partial charge in [0.25, 0.3) is 0 Å². The minimum Gasteiger partial charge on any atom is -0.349 e. The van der Waals surface area contributed by atoms with E-state index in [9.17, 15) is 0 Å². The fraction of sp³-hybridized carbons (Fsp3) is 0.250. The molecule has 3 heteroatoms. The van der Waals surface area contributed by atoms with Gasteiger partial charge in [-0.1, -0.05) is 29.8 Å². The van der Waals surface area contributed by atoms with Crippen LogP contribution >= 0.6 is 0 Å². The third kappa shape index (κ3) is 2.44. The number of aromatic nitrogens is 2. The Morgan fingerprint density at radius 3 is 3.00 bits per heavy atom. The normalized spacial score (nSPS) is 12.7. The van der Waals surface area contributed by atoms with E-state index in [1.807, 2.05) is 12.3 Å². The first-order chi connectivity index (χ1) is 7.25. The van der Waals surface area contributed by atoms with Crippen LogP contribution in [-0.2, 0) is 6.42 Å². The SMILES string of the molecule is Cc1cccc(C(N)Cc2ncc[nH]2)c1. The van der Waals surface area contributed by atoms with Crippen molar-refractivity contribution in [3.8, 4) is 0 Å². The Labute approximate surface area is 89.4 Å². The molecule has 1 unspecified atom stereocenters. The standard InChI is InChI=1S/C12H15N3/c1-9-3-2-4-10(7-9)11(13)8-12-14-5-6-15-12/h2-7,11H,8,13H2,1H3,(H,14,15). The molecule has 0 bridgehead atoms. The Morgan fingerprint density at radius 2 is 2.33 bits per heavy atom. The zero-order chi connectivity index (χ0) is 10.7. The largest absolute Gasteiger partial charge is 0.349 e. The lowest BCUT2D eigenvalue weighted by Crippen LogP contribution is -2.14. The van der Waals surface area contributed by atoms with E-state index in [4.69, 9.17) is 5.73 Å². The first-order valence-electron chi connectivity index (χ1n) is 5.06. The maximum absolute atomic E-state index is 6.10. The van der Waals surface area contributed by atoms with Crippen molar-refractivity contribution in [2.45, 2.75) is 19.4 Å². The number of benzene rings is 1. The van der Waals surface area contributed by atoms with Crippen molar-refractivity contribution >= 4 is 0 Å². The summed E-state index contributed by atoms with van der Waals surface area (Å²) < 4.78 is 0. The highest BCUT2D eigenvalue weighted by atomic mass is 14.9. The van der Waals surface area contributed by atoms with Gasteiger partial charge in [-0.15, -0.1) is 0 Å². The second-order valence-electron chi connectivity index (χ2n) is 3.76. The number of hydrogen-bond donors (Lipinski definition) is 2. The number of H-pyrrole nitrogens is 1. The van der Waals surface area contributed by atoms with Crippen LogP contribution < -0.4 is 5.73 Å². The zero-order valence-electron chi connectivity index (χ0n) is 8.77. The Hall–Kier alpha value is -1.61. The Bertz CT molecular complexity index is 420. The molecule has 0 radical (unpaired) electrons. The van der Waals surface area contributed by atoms with Crippen molar-refractivity contribution in [2.75, 3.05) is 0 Å². The van der Waals surface area contributed by atoms with Gasteiger partial charge in [-0.3, -0.25) is 0 Å². The lowest BCUT2D eigenvalue weighted by molar-refractivity contribution is 0.694. The number of aromatic amines is 1. The summed E-state index contributed by atoms with van der Waals surface area (Å²) in [6.45, 7) is 2.07. The second kappa shape index (κ2) is 4.28. The molecule has 0 aliphatic heterocycles. The molecule has 1 aromatic heterocycles. The van der Waals surface area contributed by atoms with Gasteiger partial charge in [0, 0.05) is 24.9 Å². The highest BCUT2D eigenvalue weighted by Gasteiger charge is 2.08. The number of imidazole rings is 1. The van der Waals surface area contributed by atoms with Crippen LogP contribution in [0.4, 0.5) is 0 Å². The van der Waals surface area contributed by atoms with Crippen LogP contribution in [0.3, 0.4) is 0 Å². The van der Waals surface area contributed by atoms with Crippen LogP contribution in [0.25, 0.3) is 0 Å². The number of nitrogens with two attached hydrogens (primary N) is 1. The smallest absolute Gasteiger partial charge is 0.107 e. The van der Waals surface area contributed by atoms with Gasteiger partial charge in [-0.25, -0.2) is 4.98 Å². The van der Waals surface area contributed by atoms with Gasteiger partial charge in [-0.2, -0.15) is 0 Å². The molecule has 0 aliphatic carbocycles. The van der Waals surface area contributed by atoms with E-state index in [2.05, 4.69) is 35.1 Å². The molecule has 0 spiro atoms. The van der Waals surface area contributed by atoms with Gasteiger partial charge in [0.2, 0.25) is 0 Å². The lowest BCUT2D eigenvalue weighted by Gasteiger charge is -2.10. The Kier molecular flexibility index (Phi) is 2.83. The van der Waals surface area contributed by atoms with Crippen LogP contribution in [0.1, 0.15) is 23.0 Å². The minimum atomic E-state index is 0.0102. The summed E-state index contributed by atoms with van der Waals surface area (Å²) in [7, 11) is 0. The fourth-order valence-electron chi connectivity index (χ4n) is 1.64. The van der Waals surface area contributed by atoms with Crippen molar-refractivity contribution in [1.82, 2.24) is 9.97 Å². The molecule has 0 aliphatic rings. The zero-order valence-corrected chi connectivity index (χ0v) is 8.77. The fourth-order valence-corrected chi connectivity index (χ4v) is 1.64. The molecule has 1 atom stereocenters. The number of rotatable bonds is 3. The van der Waals surface area contributed by atoms with Crippen molar-refractivity contribution < 1.29 is 0 Å². The number of nitrogens with zero attached hydrogens (tertiary/aromatic N) is 1. The summed E-state index contributed by atoms with van der Waals surface area (Å²) in [6, 6.07) is 8.29. The monoisotopic (exact) mass is 201 g/mol. The predicted molar refractivity (Wildman–Crippen MR) is 60.4 cm³/mol. The molecule has 2 aromatic rings. The highest BCUT2D eigenvalue weighted by molar-refractivity contribution is 5.25. The highest BCUT2D eigenvalue weighted by Crippen LogP contribution is 2.15. The van der Waals surface area contributed by atoms with Crippen molar-refractivity contribution in [3.63, 3.8) is 0 Å². The number of nitrogens with one attached hydrogen (secondary N) is 1. The van der Waals surface area contributed by atoms with Gasteiger partial charge in [-0.05, 0) is 12.5 Å². The summed E-state index contributed by atoms with van der Waals surface area (Å²) in [5.74, 6) is 0.934. The van der Waals surface area contributed by atoms with E-state index >= 15 is 0 Å². The minimum absolute atomic E-state index is 0.0102. The average molecular weight is 201 g/mol. The molecule has 0 saturated heterocycles. The first kappa shape index (κ1) is 9.93. The van der Waals surface area contributed by atoms with Crippen LogP contribution in [-0.4, -0.2) is 9.97 Å². The summed E-state index contributed by atoms with van der Waals surface area (Å²) in [4.78, 5) is 7.23. The second-order valence-corrected chi connectivity index (χ2v) is 3.76. The molecule has 3 nitrogen and oxygen atoms in total. The summed E-state index contributed by atoms with van der Waals surface area (Å²) in [6.07, 6.45) is 4.31. The number of aryl methyl sites for hydroxylation is 1. The van der Waals surface area contributed by atoms with E-state index in [-0.39, 0.29) is 6.04 Å². The van der Waals surface area contributed by atoms with Crippen LogP contribution in [0, 0.1) is 6.92 Å². The molecule has 1 aromatic carbocycles. The molecule has 78 valence electrons. The molecule has 15 heavy (non-hydrogen) atoms. The topological polar surface area (TPSA) is 54.7 Å². The molecular formula is C12H15N3. The van der Waals surface area contributed by atoms with Gasteiger partial charge in [0.05, 0.1) is 0 Å². The van der Waals surface area contributed by atoms with Gasteiger partial charge >= 0.3 is 0 Å². The van der Waals surface area contributed by atoms with E-state index in [1.165, 1.54) is 5.56 Å². The first-order valence-corrected chi connectivity index (χ1v) is 5.06. The predicted octanol–water partition coefficient (Wildman–Crippen LogP) is 1.96. The Morgan fingerprint density at radius 1 is 1.47 bits per heavy atom. The lowest BCUT2D eigenvalue weighted by atomic mass is 10.0. The quantitative estimate of drug-likeness (QED) is 0.797. The van der Waals surface area contributed by atoms with E-state index in [0.29, 0.717) is 0 Å². The van der Waals surface area contributed by atoms with E-state index in [1.54, 1.807) is 6.20 Å². The van der Waals surface area contributed by atoms with Gasteiger partial charge in [0.15, 0.2) is 0 Å². The van der Waals surface area contributed by atoms with E-state index < -0.39 is 0 Å². The number of hydrogen-bond acceptors (Lipinski definition) is 2.